The van der Waals surface area contributed by atoms with Crippen LogP contribution in [0.2, 0.25) is 0 Å². The van der Waals surface area contributed by atoms with E-state index in [0.717, 1.165) is 57.8 Å². The van der Waals surface area contributed by atoms with Crippen LogP contribution in [0.25, 0.3) is 0 Å². The molecule has 3 N–H and O–H groups in total. The Hall–Kier alpha value is -1.14. The average molecular weight is 766 g/mol. The van der Waals surface area contributed by atoms with Crippen LogP contribution in [0.15, 0.2) is 0 Å². The van der Waals surface area contributed by atoms with E-state index in [9.17, 15) is 19.8 Å². The van der Waals surface area contributed by atoms with Gasteiger partial charge in [-0.05, 0) is 25.7 Å². The molecule has 0 aliphatic carbocycles. The molecule has 0 heterocycles. The highest BCUT2D eigenvalue weighted by atomic mass is 16.5. The number of hydrogen-bond acceptors (Lipinski definition) is 5. The normalized spacial score (nSPS) is 12.6. The fraction of sp³-hybridized carbons (Fsp3) is 0.958. The van der Waals surface area contributed by atoms with Crippen molar-refractivity contribution in [1.29, 1.82) is 0 Å². The number of unbranched alkanes of at least 4 members (excludes halogenated alkanes) is 34. The average Bonchev–Trinajstić information content (AvgIpc) is 3.17. The van der Waals surface area contributed by atoms with Gasteiger partial charge in [0.15, 0.2) is 0 Å². The monoisotopic (exact) mass is 766 g/mol. The lowest BCUT2D eigenvalue weighted by Crippen LogP contribution is -2.45. The summed E-state index contributed by atoms with van der Waals surface area (Å²) in [6.45, 7) is 4.90. The third-order valence-corrected chi connectivity index (χ3v) is 11.4. The molecule has 2 unspecified atom stereocenters. The summed E-state index contributed by atoms with van der Waals surface area (Å²) in [5.74, 6) is -0.0650. The van der Waals surface area contributed by atoms with Gasteiger partial charge in [0.05, 0.1) is 25.4 Å². The highest BCUT2D eigenvalue weighted by Crippen LogP contribution is 2.16. The Morgan fingerprint density at radius 2 is 0.759 bits per heavy atom. The van der Waals surface area contributed by atoms with Crippen molar-refractivity contribution in [3.05, 3.63) is 0 Å². The number of carbonyl (C=O) groups excluding carboxylic acids is 2. The van der Waals surface area contributed by atoms with Gasteiger partial charge in [-0.25, -0.2) is 0 Å². The molecule has 0 aliphatic rings. The molecular formula is C48H95NO5. The highest BCUT2D eigenvalue weighted by molar-refractivity contribution is 5.76. The van der Waals surface area contributed by atoms with E-state index in [1.165, 1.54) is 180 Å². The largest absolute Gasteiger partial charge is 0.466 e. The summed E-state index contributed by atoms with van der Waals surface area (Å²) in [6.07, 6.45) is 47.8. The Balaban J connectivity index is 3.41. The number of esters is 1. The molecule has 0 aromatic rings. The van der Waals surface area contributed by atoms with Crippen molar-refractivity contribution in [1.82, 2.24) is 5.32 Å². The van der Waals surface area contributed by atoms with Crippen molar-refractivity contribution in [2.75, 3.05) is 13.2 Å². The molecule has 0 radical (unpaired) electrons. The van der Waals surface area contributed by atoms with Gasteiger partial charge in [0.25, 0.3) is 0 Å². The van der Waals surface area contributed by atoms with Gasteiger partial charge in [-0.3, -0.25) is 9.59 Å². The minimum atomic E-state index is -0.672. The molecule has 322 valence electrons. The van der Waals surface area contributed by atoms with Crippen molar-refractivity contribution in [2.45, 2.75) is 283 Å². The van der Waals surface area contributed by atoms with E-state index in [4.69, 9.17) is 4.74 Å². The van der Waals surface area contributed by atoms with Gasteiger partial charge < -0.3 is 20.3 Å². The fourth-order valence-electron chi connectivity index (χ4n) is 7.64. The molecule has 54 heavy (non-hydrogen) atoms. The lowest BCUT2D eigenvalue weighted by atomic mass is 10.0. The molecule has 2 atom stereocenters. The molecule has 0 aromatic carbocycles. The maximum absolute atomic E-state index is 12.4. The van der Waals surface area contributed by atoms with Crippen LogP contribution < -0.4 is 5.32 Å². The summed E-state index contributed by atoms with van der Waals surface area (Å²) >= 11 is 0. The van der Waals surface area contributed by atoms with E-state index in [1.54, 1.807) is 0 Å². The molecular weight excluding hydrogens is 671 g/mol. The number of rotatable bonds is 45. The Kier molecular flexibility index (Phi) is 43.6. The van der Waals surface area contributed by atoms with Crippen LogP contribution in [0.4, 0.5) is 0 Å². The van der Waals surface area contributed by atoms with Crippen LogP contribution in [0, 0.1) is 0 Å². The van der Waals surface area contributed by atoms with Crippen LogP contribution in [0.5, 0.6) is 0 Å². The van der Waals surface area contributed by atoms with Gasteiger partial charge in [-0.15, -0.1) is 0 Å². The van der Waals surface area contributed by atoms with Crippen LogP contribution in [0.1, 0.15) is 271 Å². The first kappa shape index (κ1) is 52.9. The second-order valence-corrected chi connectivity index (χ2v) is 16.8. The standard InChI is InChI=1S/C48H95NO5/c1-3-5-7-9-11-13-14-15-16-17-18-19-22-26-30-34-38-42-48(53)54-43-39-35-31-27-23-20-21-25-29-33-37-41-47(52)49-45(44-50)46(51)40-36-32-28-24-12-10-8-6-4-2/h45-46,50-51H,3-44H2,1-2H3,(H,49,52). The predicted octanol–water partition coefficient (Wildman–Crippen LogP) is 14.0. The topological polar surface area (TPSA) is 95.9 Å². The van der Waals surface area contributed by atoms with Gasteiger partial charge in [-0.2, -0.15) is 0 Å². The van der Waals surface area contributed by atoms with Crippen molar-refractivity contribution in [2.24, 2.45) is 0 Å². The zero-order chi connectivity index (χ0) is 39.4. The predicted molar refractivity (Wildman–Crippen MR) is 232 cm³/mol. The second-order valence-electron chi connectivity index (χ2n) is 16.8. The zero-order valence-electron chi connectivity index (χ0n) is 36.5. The lowest BCUT2D eigenvalue weighted by Gasteiger charge is -2.22. The zero-order valence-corrected chi connectivity index (χ0v) is 36.5. The maximum Gasteiger partial charge on any atom is 0.305 e. The summed E-state index contributed by atoms with van der Waals surface area (Å²) in [4.78, 5) is 24.4. The van der Waals surface area contributed by atoms with Crippen molar-refractivity contribution in [3.8, 4) is 0 Å². The van der Waals surface area contributed by atoms with Crippen LogP contribution in [-0.4, -0.2) is 47.4 Å². The first-order valence-corrected chi connectivity index (χ1v) is 24.3. The van der Waals surface area contributed by atoms with Crippen LogP contribution in [-0.2, 0) is 14.3 Å². The molecule has 1 amide bonds. The number of hydrogen-bond donors (Lipinski definition) is 3. The Bertz CT molecular complexity index is 761. The molecule has 0 saturated heterocycles. The van der Waals surface area contributed by atoms with E-state index in [1.807, 2.05) is 0 Å². The summed E-state index contributed by atoms with van der Waals surface area (Å²) in [5, 5.41) is 23.0. The number of ether oxygens (including phenoxy) is 1. The molecule has 0 spiro atoms. The molecule has 0 aliphatic heterocycles. The number of amides is 1. The Labute approximate surface area is 336 Å². The highest BCUT2D eigenvalue weighted by Gasteiger charge is 2.20. The van der Waals surface area contributed by atoms with Crippen LogP contribution >= 0.6 is 0 Å². The van der Waals surface area contributed by atoms with E-state index < -0.39 is 12.1 Å². The SMILES string of the molecule is CCCCCCCCCCCCCCCCCCCC(=O)OCCCCCCCCCCCCCC(=O)NC(CO)C(O)CCCCCCCCCCC. The minimum Gasteiger partial charge on any atom is -0.466 e. The second kappa shape index (κ2) is 44.6. The third kappa shape index (κ3) is 40.5. The molecule has 0 aromatic heterocycles. The van der Waals surface area contributed by atoms with Gasteiger partial charge in [-0.1, -0.05) is 232 Å². The van der Waals surface area contributed by atoms with E-state index >= 15 is 0 Å². The third-order valence-electron chi connectivity index (χ3n) is 11.4. The van der Waals surface area contributed by atoms with Gasteiger partial charge in [0.2, 0.25) is 5.91 Å². The quantitative estimate of drug-likeness (QED) is 0.0424. The van der Waals surface area contributed by atoms with Gasteiger partial charge in [0, 0.05) is 12.8 Å². The number of carbonyl (C=O) groups is 2. The summed E-state index contributed by atoms with van der Waals surface area (Å²) in [5.41, 5.74) is 0. The van der Waals surface area contributed by atoms with E-state index in [2.05, 4.69) is 19.2 Å². The first-order valence-electron chi connectivity index (χ1n) is 24.3. The summed E-state index contributed by atoms with van der Waals surface area (Å²) in [6, 6.07) is -0.551. The van der Waals surface area contributed by atoms with Gasteiger partial charge in [0.1, 0.15) is 0 Å². The van der Waals surface area contributed by atoms with Crippen molar-refractivity contribution < 1.29 is 24.5 Å². The molecule has 0 bridgehead atoms. The fourth-order valence-corrected chi connectivity index (χ4v) is 7.64. The molecule has 0 saturated carbocycles. The number of aliphatic hydroxyl groups excluding tert-OH is 2. The smallest absolute Gasteiger partial charge is 0.305 e. The van der Waals surface area contributed by atoms with Crippen LogP contribution in [0.3, 0.4) is 0 Å². The minimum absolute atomic E-state index is 0.00988. The number of aliphatic hydroxyl groups is 2. The van der Waals surface area contributed by atoms with Crippen molar-refractivity contribution >= 4 is 11.9 Å². The van der Waals surface area contributed by atoms with Crippen molar-refractivity contribution in [3.63, 3.8) is 0 Å². The first-order chi connectivity index (χ1) is 26.5. The van der Waals surface area contributed by atoms with Gasteiger partial charge >= 0.3 is 5.97 Å². The van der Waals surface area contributed by atoms with E-state index in [0.29, 0.717) is 25.9 Å². The molecule has 6 heteroatoms. The molecule has 0 rings (SSSR count). The lowest BCUT2D eigenvalue weighted by molar-refractivity contribution is -0.143. The molecule has 0 fully saturated rings. The number of nitrogens with one attached hydrogen (secondary N) is 1. The Morgan fingerprint density at radius 1 is 0.444 bits per heavy atom. The summed E-state index contributed by atoms with van der Waals surface area (Å²) < 4.78 is 5.46. The summed E-state index contributed by atoms with van der Waals surface area (Å²) in [7, 11) is 0. The maximum atomic E-state index is 12.4. The Morgan fingerprint density at radius 3 is 1.13 bits per heavy atom. The van der Waals surface area contributed by atoms with E-state index in [-0.39, 0.29) is 18.5 Å². The molecule has 6 nitrogen and oxygen atoms in total.